The highest BCUT2D eigenvalue weighted by Crippen LogP contribution is 2.16. The molecule has 0 unspecified atom stereocenters. The zero-order chi connectivity index (χ0) is 7.56. The lowest BCUT2D eigenvalue weighted by atomic mass is 9.96. The van der Waals surface area contributed by atoms with Crippen LogP contribution >= 0.6 is 0 Å². The van der Waals surface area contributed by atoms with Crippen molar-refractivity contribution in [2.45, 2.75) is 25.0 Å². The molecule has 1 aliphatic rings. The summed E-state index contributed by atoms with van der Waals surface area (Å²) in [4.78, 5) is 10.2. The molecule has 0 spiro atoms. The highest BCUT2D eigenvalue weighted by Gasteiger charge is 2.19. The maximum atomic E-state index is 10.2. The molecule has 2 atom stereocenters. The molecular weight excluding hydrogens is 132 g/mol. The van der Waals surface area contributed by atoms with Crippen LogP contribution in [0.5, 0.6) is 0 Å². The number of allylic oxidation sites excluding steroid dienone is 1. The third-order valence-corrected chi connectivity index (χ3v) is 1.66. The minimum absolute atomic E-state index is 0.478. The van der Waals surface area contributed by atoms with Gasteiger partial charge < -0.3 is 10.2 Å². The van der Waals surface area contributed by atoms with Gasteiger partial charge in [0.2, 0.25) is 0 Å². The van der Waals surface area contributed by atoms with E-state index in [9.17, 15) is 4.79 Å². The Hall–Kier alpha value is -0.670. The molecule has 56 valence electrons. The summed E-state index contributed by atoms with van der Waals surface area (Å²) < 4.78 is 0. The van der Waals surface area contributed by atoms with Crippen LogP contribution in [0.15, 0.2) is 11.6 Å². The Kier molecular flexibility index (Phi) is 2.19. The molecule has 10 heavy (non-hydrogen) atoms. The SMILES string of the molecule is O=CC1=C[C@H](O)[C@H](O)CC1. The summed E-state index contributed by atoms with van der Waals surface area (Å²) in [7, 11) is 0. The molecule has 0 amide bonds. The summed E-state index contributed by atoms with van der Waals surface area (Å²) in [5.41, 5.74) is 0.581. The Morgan fingerprint density at radius 1 is 1.60 bits per heavy atom. The molecule has 1 aliphatic carbocycles. The second-order valence-electron chi connectivity index (χ2n) is 2.46. The van der Waals surface area contributed by atoms with Crippen LogP contribution in [0.25, 0.3) is 0 Å². The first-order chi connectivity index (χ1) is 4.74. The van der Waals surface area contributed by atoms with Gasteiger partial charge in [-0.25, -0.2) is 0 Å². The van der Waals surface area contributed by atoms with E-state index in [2.05, 4.69) is 0 Å². The summed E-state index contributed by atoms with van der Waals surface area (Å²) >= 11 is 0. The lowest BCUT2D eigenvalue weighted by Gasteiger charge is -2.19. The number of rotatable bonds is 1. The molecule has 3 nitrogen and oxygen atoms in total. The smallest absolute Gasteiger partial charge is 0.145 e. The van der Waals surface area contributed by atoms with Gasteiger partial charge >= 0.3 is 0 Å². The van der Waals surface area contributed by atoms with Gasteiger partial charge in [0.05, 0.1) is 12.2 Å². The van der Waals surface area contributed by atoms with Crippen LogP contribution in [-0.2, 0) is 4.79 Å². The first-order valence-corrected chi connectivity index (χ1v) is 3.26. The molecule has 0 aliphatic heterocycles. The second kappa shape index (κ2) is 2.94. The van der Waals surface area contributed by atoms with E-state index in [1.54, 1.807) is 0 Å². The van der Waals surface area contributed by atoms with Crippen LogP contribution < -0.4 is 0 Å². The van der Waals surface area contributed by atoms with E-state index in [4.69, 9.17) is 10.2 Å². The molecule has 3 heteroatoms. The third-order valence-electron chi connectivity index (χ3n) is 1.66. The summed E-state index contributed by atoms with van der Waals surface area (Å²) in [5, 5.41) is 18.0. The molecule has 0 heterocycles. The summed E-state index contributed by atoms with van der Waals surface area (Å²) in [6, 6.07) is 0. The van der Waals surface area contributed by atoms with Gasteiger partial charge in [-0.05, 0) is 24.5 Å². The van der Waals surface area contributed by atoms with Crippen LogP contribution in [0.3, 0.4) is 0 Å². The van der Waals surface area contributed by atoms with E-state index in [1.807, 2.05) is 0 Å². The van der Waals surface area contributed by atoms with Crippen LogP contribution in [0.1, 0.15) is 12.8 Å². The Labute approximate surface area is 59.0 Å². The maximum absolute atomic E-state index is 10.2. The van der Waals surface area contributed by atoms with Crippen molar-refractivity contribution in [3.63, 3.8) is 0 Å². The monoisotopic (exact) mass is 142 g/mol. The topological polar surface area (TPSA) is 57.5 Å². The highest BCUT2D eigenvalue weighted by molar-refractivity contribution is 5.73. The average molecular weight is 142 g/mol. The zero-order valence-electron chi connectivity index (χ0n) is 5.53. The lowest BCUT2D eigenvalue weighted by molar-refractivity contribution is -0.105. The van der Waals surface area contributed by atoms with Crippen molar-refractivity contribution in [1.82, 2.24) is 0 Å². The van der Waals surface area contributed by atoms with Gasteiger partial charge in [0.15, 0.2) is 0 Å². The first kappa shape index (κ1) is 7.44. The van der Waals surface area contributed by atoms with E-state index in [1.165, 1.54) is 6.08 Å². The molecule has 0 fully saturated rings. The number of aliphatic hydroxyl groups excluding tert-OH is 2. The summed E-state index contributed by atoms with van der Waals surface area (Å²) in [6.07, 6.45) is 1.63. The number of aliphatic hydroxyl groups is 2. The van der Waals surface area contributed by atoms with Crippen LogP contribution in [-0.4, -0.2) is 28.7 Å². The number of aldehydes is 1. The standard InChI is InChI=1S/C7H10O3/c8-4-5-1-2-6(9)7(10)3-5/h3-4,6-7,9-10H,1-2H2/t6-,7+/m1/s1. The fourth-order valence-corrected chi connectivity index (χ4v) is 0.997. The van der Waals surface area contributed by atoms with Crippen molar-refractivity contribution in [1.29, 1.82) is 0 Å². The van der Waals surface area contributed by atoms with E-state index >= 15 is 0 Å². The van der Waals surface area contributed by atoms with Crippen LogP contribution in [0, 0.1) is 0 Å². The van der Waals surface area contributed by atoms with Crippen molar-refractivity contribution < 1.29 is 15.0 Å². The molecule has 0 saturated carbocycles. The minimum atomic E-state index is -0.853. The number of hydrogen-bond donors (Lipinski definition) is 2. The van der Waals surface area contributed by atoms with Crippen molar-refractivity contribution in [2.24, 2.45) is 0 Å². The quantitative estimate of drug-likeness (QED) is 0.491. The van der Waals surface area contributed by atoms with Gasteiger partial charge in [-0.15, -0.1) is 0 Å². The van der Waals surface area contributed by atoms with Gasteiger partial charge in [0.1, 0.15) is 6.29 Å². The summed E-state index contributed by atoms with van der Waals surface area (Å²) in [5.74, 6) is 0. The first-order valence-electron chi connectivity index (χ1n) is 3.26. The Morgan fingerprint density at radius 2 is 2.30 bits per heavy atom. The van der Waals surface area contributed by atoms with Crippen molar-refractivity contribution in [3.05, 3.63) is 11.6 Å². The van der Waals surface area contributed by atoms with Gasteiger partial charge in [0, 0.05) is 0 Å². The minimum Gasteiger partial charge on any atom is -0.390 e. The lowest BCUT2D eigenvalue weighted by Crippen LogP contribution is -2.27. The highest BCUT2D eigenvalue weighted by atomic mass is 16.3. The molecule has 0 aromatic heterocycles. The Bertz CT molecular complexity index is 162. The molecular formula is C7H10O3. The predicted molar refractivity (Wildman–Crippen MR) is 35.4 cm³/mol. The fourth-order valence-electron chi connectivity index (χ4n) is 0.997. The predicted octanol–water partition coefficient (Wildman–Crippen LogP) is -0.373. The second-order valence-corrected chi connectivity index (χ2v) is 2.46. The molecule has 0 radical (unpaired) electrons. The number of carbonyl (C=O) groups is 1. The molecule has 1 rings (SSSR count). The van der Waals surface area contributed by atoms with Gasteiger partial charge in [0.25, 0.3) is 0 Å². The van der Waals surface area contributed by atoms with Crippen molar-refractivity contribution in [3.8, 4) is 0 Å². The molecule has 0 bridgehead atoms. The molecule has 0 saturated heterocycles. The maximum Gasteiger partial charge on any atom is 0.145 e. The normalized spacial score (nSPS) is 33.2. The van der Waals surface area contributed by atoms with Crippen LogP contribution in [0.2, 0.25) is 0 Å². The van der Waals surface area contributed by atoms with E-state index in [-0.39, 0.29) is 0 Å². The molecule has 0 aromatic carbocycles. The third kappa shape index (κ3) is 1.43. The Morgan fingerprint density at radius 3 is 2.80 bits per heavy atom. The van der Waals surface area contributed by atoms with Gasteiger partial charge in [-0.1, -0.05) is 0 Å². The van der Waals surface area contributed by atoms with Crippen molar-refractivity contribution >= 4 is 6.29 Å². The van der Waals surface area contributed by atoms with E-state index in [0.29, 0.717) is 18.4 Å². The Balaban J connectivity index is 2.65. The van der Waals surface area contributed by atoms with Crippen LogP contribution in [0.4, 0.5) is 0 Å². The van der Waals surface area contributed by atoms with Gasteiger partial charge in [-0.3, -0.25) is 4.79 Å². The number of hydrogen-bond acceptors (Lipinski definition) is 3. The molecule has 2 N–H and O–H groups in total. The van der Waals surface area contributed by atoms with E-state index < -0.39 is 12.2 Å². The largest absolute Gasteiger partial charge is 0.390 e. The number of carbonyl (C=O) groups excluding carboxylic acids is 1. The average Bonchev–Trinajstić information content (AvgIpc) is 1.95. The zero-order valence-corrected chi connectivity index (χ0v) is 5.53. The fraction of sp³-hybridized carbons (Fsp3) is 0.571. The molecule has 0 aromatic rings. The van der Waals surface area contributed by atoms with Gasteiger partial charge in [-0.2, -0.15) is 0 Å². The van der Waals surface area contributed by atoms with Crippen molar-refractivity contribution in [2.75, 3.05) is 0 Å². The summed E-state index contributed by atoms with van der Waals surface area (Å²) in [6.45, 7) is 0. The van der Waals surface area contributed by atoms with E-state index in [0.717, 1.165) is 6.29 Å².